The van der Waals surface area contributed by atoms with Gasteiger partial charge in [-0.2, -0.15) is 0 Å². The first-order valence-electron chi connectivity index (χ1n) is 6.12. The van der Waals surface area contributed by atoms with Gasteiger partial charge in [-0.1, -0.05) is 0 Å². The van der Waals surface area contributed by atoms with Crippen molar-refractivity contribution in [3.8, 4) is 11.5 Å². The third-order valence-electron chi connectivity index (χ3n) is 3.07. The third kappa shape index (κ3) is 1.88. The Labute approximate surface area is 106 Å². The predicted molar refractivity (Wildman–Crippen MR) is 70.3 cm³/mol. The van der Waals surface area contributed by atoms with Gasteiger partial charge in [0.15, 0.2) is 11.5 Å². The molecule has 2 aromatic rings. The van der Waals surface area contributed by atoms with E-state index in [1.165, 1.54) is 0 Å². The second-order valence-electron chi connectivity index (χ2n) is 4.52. The van der Waals surface area contributed by atoms with Crippen molar-refractivity contribution in [1.29, 1.82) is 0 Å². The van der Waals surface area contributed by atoms with E-state index in [4.69, 9.17) is 9.47 Å². The first-order valence-corrected chi connectivity index (χ1v) is 6.12. The van der Waals surface area contributed by atoms with E-state index in [0.717, 1.165) is 34.6 Å². The van der Waals surface area contributed by atoms with Crippen molar-refractivity contribution in [1.82, 2.24) is 10.3 Å². The molecule has 0 radical (unpaired) electrons. The van der Waals surface area contributed by atoms with Gasteiger partial charge in [0.1, 0.15) is 12.7 Å². The van der Waals surface area contributed by atoms with Crippen LogP contribution in [0, 0.1) is 6.92 Å². The number of hydrogen-bond acceptors (Lipinski definition) is 4. The number of aromatic nitrogens is 1. The molecule has 1 aromatic heterocycles. The molecule has 0 spiro atoms. The minimum Gasteiger partial charge on any atom is -0.486 e. The summed E-state index contributed by atoms with van der Waals surface area (Å²) in [5.41, 5.74) is 1.95. The molecule has 3 rings (SSSR count). The van der Waals surface area contributed by atoms with Gasteiger partial charge in [0.2, 0.25) is 0 Å². The van der Waals surface area contributed by atoms with Gasteiger partial charge in [-0.25, -0.2) is 0 Å². The van der Waals surface area contributed by atoms with Crippen LogP contribution < -0.4 is 14.8 Å². The molecule has 0 bridgehead atoms. The van der Waals surface area contributed by atoms with Crippen molar-refractivity contribution in [2.45, 2.75) is 13.0 Å². The summed E-state index contributed by atoms with van der Waals surface area (Å²) in [5, 5.41) is 4.12. The van der Waals surface area contributed by atoms with E-state index in [1.54, 1.807) is 0 Å². The number of benzene rings is 1. The number of nitrogens with one attached hydrogen (secondary N) is 1. The van der Waals surface area contributed by atoms with Crippen molar-refractivity contribution in [3.05, 3.63) is 30.0 Å². The minimum atomic E-state index is 0.0504. The van der Waals surface area contributed by atoms with Crippen LogP contribution in [0.2, 0.25) is 0 Å². The van der Waals surface area contributed by atoms with Crippen LogP contribution in [0.4, 0.5) is 0 Å². The molecule has 18 heavy (non-hydrogen) atoms. The summed E-state index contributed by atoms with van der Waals surface area (Å²) in [6.45, 7) is 3.34. The molecule has 1 atom stereocenters. The van der Waals surface area contributed by atoms with Crippen molar-refractivity contribution >= 4 is 10.9 Å². The van der Waals surface area contributed by atoms with Gasteiger partial charge in [-0.15, -0.1) is 0 Å². The first-order chi connectivity index (χ1) is 8.78. The molecule has 1 aliphatic heterocycles. The molecular formula is C14H16N2O2. The molecule has 0 aliphatic carbocycles. The van der Waals surface area contributed by atoms with Gasteiger partial charge in [-0.3, -0.25) is 4.98 Å². The maximum Gasteiger partial charge on any atom is 0.171 e. The lowest BCUT2D eigenvalue weighted by molar-refractivity contribution is 0.0939. The molecule has 0 saturated heterocycles. The average Bonchev–Trinajstić information content (AvgIpc) is 2.38. The van der Waals surface area contributed by atoms with E-state index < -0.39 is 0 Å². The Hall–Kier alpha value is -1.81. The second kappa shape index (κ2) is 4.46. The van der Waals surface area contributed by atoms with E-state index in [-0.39, 0.29) is 6.10 Å². The standard InChI is InChI=1S/C14H16N2O2/c1-9-3-4-11-12(16-9)5-6-13-14(11)18-10(7-15-2)8-17-13/h3-6,10,15H,7-8H2,1-2H3. The number of ether oxygens (including phenoxy) is 2. The Bertz CT molecular complexity index is 583. The molecule has 1 aliphatic rings. The van der Waals surface area contributed by atoms with Gasteiger partial charge in [0, 0.05) is 17.6 Å². The van der Waals surface area contributed by atoms with Gasteiger partial charge in [0.05, 0.1) is 5.52 Å². The lowest BCUT2D eigenvalue weighted by atomic mass is 10.1. The predicted octanol–water partition coefficient (Wildman–Crippen LogP) is 1.90. The molecule has 2 heterocycles. The molecule has 1 aromatic carbocycles. The van der Waals surface area contributed by atoms with Crippen molar-refractivity contribution in [2.24, 2.45) is 0 Å². The quantitative estimate of drug-likeness (QED) is 0.876. The average molecular weight is 244 g/mol. The summed E-state index contributed by atoms with van der Waals surface area (Å²) in [4.78, 5) is 4.50. The summed E-state index contributed by atoms with van der Waals surface area (Å²) in [6.07, 6.45) is 0.0504. The maximum absolute atomic E-state index is 6.00. The Kier molecular flexibility index (Phi) is 2.80. The Balaban J connectivity index is 2.07. The minimum absolute atomic E-state index is 0.0504. The summed E-state index contributed by atoms with van der Waals surface area (Å²) in [5.74, 6) is 1.62. The Morgan fingerprint density at radius 1 is 1.33 bits per heavy atom. The van der Waals surface area contributed by atoms with Gasteiger partial charge in [0.25, 0.3) is 0 Å². The number of pyridine rings is 1. The molecule has 94 valence electrons. The van der Waals surface area contributed by atoms with Crippen LogP contribution in [0.1, 0.15) is 5.69 Å². The highest BCUT2D eigenvalue weighted by molar-refractivity contribution is 5.88. The molecule has 4 heteroatoms. The molecule has 1 N–H and O–H groups in total. The fraction of sp³-hybridized carbons (Fsp3) is 0.357. The zero-order chi connectivity index (χ0) is 12.5. The topological polar surface area (TPSA) is 43.4 Å². The third-order valence-corrected chi connectivity index (χ3v) is 3.07. The van der Waals surface area contributed by atoms with Gasteiger partial charge in [-0.05, 0) is 38.2 Å². The number of aryl methyl sites for hydroxylation is 1. The lowest BCUT2D eigenvalue weighted by Gasteiger charge is -2.27. The Morgan fingerprint density at radius 3 is 3.06 bits per heavy atom. The molecule has 1 unspecified atom stereocenters. The lowest BCUT2D eigenvalue weighted by Crippen LogP contribution is -2.37. The van der Waals surface area contributed by atoms with Crippen LogP contribution in [0.3, 0.4) is 0 Å². The zero-order valence-electron chi connectivity index (χ0n) is 10.6. The number of likely N-dealkylation sites (N-methyl/N-ethyl adjacent to an activating group) is 1. The SMILES string of the molecule is CNCC1COc2ccc3nc(C)ccc3c2O1. The Morgan fingerprint density at radius 2 is 2.22 bits per heavy atom. The molecule has 0 amide bonds. The summed E-state index contributed by atoms with van der Waals surface area (Å²) < 4.78 is 11.7. The number of hydrogen-bond donors (Lipinski definition) is 1. The van der Waals surface area contributed by atoms with Crippen LogP contribution in [-0.2, 0) is 0 Å². The number of nitrogens with zero attached hydrogens (tertiary/aromatic N) is 1. The number of rotatable bonds is 2. The van der Waals surface area contributed by atoms with Crippen molar-refractivity contribution in [2.75, 3.05) is 20.2 Å². The molecule has 0 fully saturated rings. The van der Waals surface area contributed by atoms with E-state index in [9.17, 15) is 0 Å². The highest BCUT2D eigenvalue weighted by Gasteiger charge is 2.22. The van der Waals surface area contributed by atoms with Crippen LogP contribution in [0.25, 0.3) is 10.9 Å². The second-order valence-corrected chi connectivity index (χ2v) is 4.52. The summed E-state index contributed by atoms with van der Waals surface area (Å²) in [6, 6.07) is 7.94. The smallest absolute Gasteiger partial charge is 0.171 e. The van der Waals surface area contributed by atoms with Gasteiger partial charge >= 0.3 is 0 Å². The fourth-order valence-electron chi connectivity index (χ4n) is 2.21. The molecule has 0 saturated carbocycles. The zero-order valence-corrected chi connectivity index (χ0v) is 10.6. The van der Waals surface area contributed by atoms with Crippen LogP contribution in [0.5, 0.6) is 11.5 Å². The summed E-state index contributed by atoms with van der Waals surface area (Å²) >= 11 is 0. The maximum atomic E-state index is 6.00. The largest absolute Gasteiger partial charge is 0.486 e. The van der Waals surface area contributed by atoms with E-state index in [0.29, 0.717) is 6.61 Å². The van der Waals surface area contributed by atoms with E-state index >= 15 is 0 Å². The van der Waals surface area contributed by atoms with Crippen LogP contribution in [-0.4, -0.2) is 31.3 Å². The van der Waals surface area contributed by atoms with Gasteiger partial charge < -0.3 is 14.8 Å². The van der Waals surface area contributed by atoms with Crippen LogP contribution >= 0.6 is 0 Å². The van der Waals surface area contributed by atoms with E-state index in [2.05, 4.69) is 10.3 Å². The number of fused-ring (bicyclic) bond motifs is 3. The monoisotopic (exact) mass is 244 g/mol. The van der Waals surface area contributed by atoms with Crippen molar-refractivity contribution in [3.63, 3.8) is 0 Å². The van der Waals surface area contributed by atoms with E-state index in [1.807, 2.05) is 38.2 Å². The highest BCUT2D eigenvalue weighted by Crippen LogP contribution is 2.38. The van der Waals surface area contributed by atoms with Crippen LogP contribution in [0.15, 0.2) is 24.3 Å². The highest BCUT2D eigenvalue weighted by atomic mass is 16.6. The van der Waals surface area contributed by atoms with Crippen molar-refractivity contribution < 1.29 is 9.47 Å². The fourth-order valence-corrected chi connectivity index (χ4v) is 2.21. The molecule has 4 nitrogen and oxygen atoms in total. The normalized spacial score (nSPS) is 18.0. The molecular weight excluding hydrogens is 228 g/mol. The first kappa shape index (κ1) is 11.3. The summed E-state index contributed by atoms with van der Waals surface area (Å²) in [7, 11) is 1.91.